The third-order valence-electron chi connectivity index (χ3n) is 3.77. The molecular formula is C15H21N3O5. The van der Waals surface area contributed by atoms with Crippen molar-refractivity contribution in [2.75, 3.05) is 39.9 Å². The number of carbonyl (C=O) groups is 1. The fraction of sp³-hybridized carbons (Fsp3) is 0.533. The molecule has 1 aliphatic heterocycles. The van der Waals surface area contributed by atoms with Crippen molar-refractivity contribution in [1.29, 1.82) is 0 Å². The minimum atomic E-state index is -0.415. The van der Waals surface area contributed by atoms with Crippen molar-refractivity contribution in [3.8, 4) is 5.75 Å². The van der Waals surface area contributed by atoms with Crippen LogP contribution >= 0.6 is 0 Å². The van der Waals surface area contributed by atoms with Gasteiger partial charge in [-0.1, -0.05) is 0 Å². The maximum atomic E-state index is 11.7. The molecule has 8 nitrogen and oxygen atoms in total. The van der Waals surface area contributed by atoms with E-state index in [4.69, 9.17) is 9.47 Å². The number of amides is 1. The quantitative estimate of drug-likeness (QED) is 0.607. The summed E-state index contributed by atoms with van der Waals surface area (Å²) in [5.74, 6) is 0.628. The molecule has 0 aromatic heterocycles. The van der Waals surface area contributed by atoms with E-state index in [0.717, 1.165) is 5.56 Å². The number of nitro groups is 1. The second-order valence-corrected chi connectivity index (χ2v) is 5.22. The third-order valence-corrected chi connectivity index (χ3v) is 3.77. The summed E-state index contributed by atoms with van der Waals surface area (Å²) in [6.45, 7) is 5.22. The number of rotatable bonds is 5. The Labute approximate surface area is 134 Å². The number of methoxy groups -OCH3 is 1. The second kappa shape index (κ2) is 7.77. The Morgan fingerprint density at radius 2 is 2.00 bits per heavy atom. The van der Waals surface area contributed by atoms with Gasteiger partial charge in [-0.3, -0.25) is 15.0 Å². The first kappa shape index (κ1) is 17.0. The number of nitrogens with zero attached hydrogens (tertiary/aromatic N) is 3. The first-order valence-corrected chi connectivity index (χ1v) is 7.50. The van der Waals surface area contributed by atoms with Gasteiger partial charge < -0.3 is 14.4 Å². The number of hydrogen-bond donors (Lipinski definition) is 0. The van der Waals surface area contributed by atoms with Crippen LogP contribution in [0.4, 0.5) is 10.5 Å². The lowest BCUT2D eigenvalue weighted by Crippen LogP contribution is -2.48. The Morgan fingerprint density at radius 3 is 2.57 bits per heavy atom. The molecular weight excluding hydrogens is 302 g/mol. The van der Waals surface area contributed by atoms with Gasteiger partial charge in [0.25, 0.3) is 5.69 Å². The van der Waals surface area contributed by atoms with Crippen LogP contribution in [0.5, 0.6) is 5.75 Å². The van der Waals surface area contributed by atoms with Crippen molar-refractivity contribution < 1.29 is 19.2 Å². The van der Waals surface area contributed by atoms with E-state index in [0.29, 0.717) is 45.1 Å². The standard InChI is InChI=1S/C15H21N3O5/c1-3-23-15(19)17-8-6-16(7-9-17)11-12-10-13(18(20)21)4-5-14(12)22-2/h4-5,10H,3,6-9,11H2,1-2H3. The molecule has 1 aromatic rings. The molecule has 0 radical (unpaired) electrons. The van der Waals surface area contributed by atoms with Crippen molar-refractivity contribution in [1.82, 2.24) is 9.80 Å². The molecule has 0 bridgehead atoms. The van der Waals surface area contributed by atoms with Gasteiger partial charge in [0.1, 0.15) is 5.75 Å². The molecule has 1 aliphatic rings. The maximum Gasteiger partial charge on any atom is 0.409 e. The second-order valence-electron chi connectivity index (χ2n) is 5.22. The van der Waals surface area contributed by atoms with Gasteiger partial charge in [-0.15, -0.1) is 0 Å². The Morgan fingerprint density at radius 1 is 1.30 bits per heavy atom. The van der Waals surface area contributed by atoms with Crippen LogP contribution < -0.4 is 4.74 Å². The predicted octanol–water partition coefficient (Wildman–Crippen LogP) is 1.88. The van der Waals surface area contributed by atoms with Gasteiger partial charge in [0.2, 0.25) is 0 Å². The molecule has 1 amide bonds. The molecule has 126 valence electrons. The Balaban J connectivity index is 1.99. The fourth-order valence-corrected chi connectivity index (χ4v) is 2.55. The minimum Gasteiger partial charge on any atom is -0.496 e. The lowest BCUT2D eigenvalue weighted by atomic mass is 10.1. The highest BCUT2D eigenvalue weighted by Crippen LogP contribution is 2.25. The van der Waals surface area contributed by atoms with Gasteiger partial charge in [0, 0.05) is 50.4 Å². The molecule has 1 saturated heterocycles. The lowest BCUT2D eigenvalue weighted by molar-refractivity contribution is -0.385. The van der Waals surface area contributed by atoms with Crippen LogP contribution in [0.3, 0.4) is 0 Å². The largest absolute Gasteiger partial charge is 0.496 e. The number of non-ortho nitro benzene ring substituents is 1. The first-order valence-electron chi connectivity index (χ1n) is 7.50. The highest BCUT2D eigenvalue weighted by Gasteiger charge is 2.23. The first-order chi connectivity index (χ1) is 11.0. The van der Waals surface area contributed by atoms with E-state index in [-0.39, 0.29) is 11.8 Å². The van der Waals surface area contributed by atoms with Crippen molar-refractivity contribution in [3.05, 3.63) is 33.9 Å². The summed E-state index contributed by atoms with van der Waals surface area (Å²) in [5, 5.41) is 10.9. The smallest absolute Gasteiger partial charge is 0.409 e. The van der Waals surface area contributed by atoms with Crippen molar-refractivity contribution in [2.24, 2.45) is 0 Å². The van der Waals surface area contributed by atoms with Crippen LogP contribution in [0.1, 0.15) is 12.5 Å². The van der Waals surface area contributed by atoms with E-state index in [1.807, 2.05) is 0 Å². The fourth-order valence-electron chi connectivity index (χ4n) is 2.55. The number of hydrogen-bond acceptors (Lipinski definition) is 6. The molecule has 0 N–H and O–H groups in total. The molecule has 1 aromatic carbocycles. The molecule has 1 heterocycles. The van der Waals surface area contributed by atoms with Crippen LogP contribution in [0.15, 0.2) is 18.2 Å². The number of ether oxygens (including phenoxy) is 2. The van der Waals surface area contributed by atoms with Crippen molar-refractivity contribution in [2.45, 2.75) is 13.5 Å². The Bertz CT molecular complexity index is 570. The highest BCUT2D eigenvalue weighted by atomic mass is 16.6. The summed E-state index contributed by atoms with van der Waals surface area (Å²) in [4.78, 5) is 26.0. The lowest BCUT2D eigenvalue weighted by Gasteiger charge is -2.34. The molecule has 1 fully saturated rings. The molecule has 0 aliphatic carbocycles. The number of benzene rings is 1. The molecule has 23 heavy (non-hydrogen) atoms. The minimum absolute atomic E-state index is 0.0472. The SMILES string of the molecule is CCOC(=O)N1CCN(Cc2cc([N+](=O)[O-])ccc2OC)CC1. The van der Waals surface area contributed by atoms with Crippen LogP contribution in [-0.2, 0) is 11.3 Å². The topological polar surface area (TPSA) is 85.2 Å². The third kappa shape index (κ3) is 4.32. The summed E-state index contributed by atoms with van der Waals surface area (Å²) in [7, 11) is 1.54. The molecule has 0 saturated carbocycles. The van der Waals surface area contributed by atoms with Crippen molar-refractivity contribution >= 4 is 11.8 Å². The van der Waals surface area contributed by atoms with Gasteiger partial charge in [-0.25, -0.2) is 4.79 Å². The highest BCUT2D eigenvalue weighted by molar-refractivity contribution is 5.67. The average Bonchev–Trinajstić information content (AvgIpc) is 2.55. The number of carbonyl (C=O) groups excluding carboxylic acids is 1. The van der Waals surface area contributed by atoms with Gasteiger partial charge >= 0.3 is 6.09 Å². The monoisotopic (exact) mass is 323 g/mol. The van der Waals surface area contributed by atoms with Crippen molar-refractivity contribution in [3.63, 3.8) is 0 Å². The van der Waals surface area contributed by atoms with E-state index in [2.05, 4.69) is 4.90 Å². The van der Waals surface area contributed by atoms with Crippen LogP contribution in [0, 0.1) is 10.1 Å². The van der Waals surface area contributed by atoms with Crippen LogP contribution in [0.25, 0.3) is 0 Å². The van der Waals surface area contributed by atoms with E-state index in [1.54, 1.807) is 25.0 Å². The molecule has 0 spiro atoms. The van der Waals surface area contributed by atoms with E-state index in [1.165, 1.54) is 12.1 Å². The average molecular weight is 323 g/mol. The summed E-state index contributed by atoms with van der Waals surface area (Å²) in [6.07, 6.45) is -0.292. The molecule has 8 heteroatoms. The zero-order chi connectivity index (χ0) is 16.8. The summed E-state index contributed by atoms with van der Waals surface area (Å²) in [6, 6.07) is 4.58. The summed E-state index contributed by atoms with van der Waals surface area (Å²) in [5.41, 5.74) is 0.817. The molecule has 0 unspecified atom stereocenters. The Hall–Kier alpha value is -2.35. The predicted molar refractivity (Wildman–Crippen MR) is 83.5 cm³/mol. The maximum absolute atomic E-state index is 11.7. The van der Waals surface area contributed by atoms with Crippen LogP contribution in [0.2, 0.25) is 0 Å². The summed E-state index contributed by atoms with van der Waals surface area (Å²) < 4.78 is 10.3. The normalized spacial score (nSPS) is 15.3. The van der Waals surface area contributed by atoms with Gasteiger partial charge in [0.05, 0.1) is 18.6 Å². The zero-order valence-corrected chi connectivity index (χ0v) is 13.4. The molecule has 2 rings (SSSR count). The molecule has 0 atom stereocenters. The van der Waals surface area contributed by atoms with E-state index in [9.17, 15) is 14.9 Å². The number of nitro benzene ring substituents is 1. The van der Waals surface area contributed by atoms with Crippen LogP contribution in [-0.4, -0.2) is 60.7 Å². The number of piperazine rings is 1. The Kier molecular flexibility index (Phi) is 5.75. The van der Waals surface area contributed by atoms with Gasteiger partial charge in [-0.2, -0.15) is 0 Å². The van der Waals surface area contributed by atoms with E-state index >= 15 is 0 Å². The van der Waals surface area contributed by atoms with Gasteiger partial charge in [-0.05, 0) is 13.0 Å². The summed E-state index contributed by atoms with van der Waals surface area (Å²) >= 11 is 0. The zero-order valence-electron chi connectivity index (χ0n) is 13.4. The van der Waals surface area contributed by atoms with Gasteiger partial charge in [0.15, 0.2) is 0 Å². The van der Waals surface area contributed by atoms with E-state index < -0.39 is 4.92 Å².